The predicted octanol–water partition coefficient (Wildman–Crippen LogP) is 5.28. The van der Waals surface area contributed by atoms with Crippen LogP contribution in [0.25, 0.3) is 16.8 Å². The third-order valence-corrected chi connectivity index (χ3v) is 6.07. The summed E-state index contributed by atoms with van der Waals surface area (Å²) < 4.78 is 0. The lowest BCUT2D eigenvalue weighted by molar-refractivity contribution is -0.111. The molecule has 1 aliphatic heterocycles. The van der Waals surface area contributed by atoms with Crippen LogP contribution in [0.3, 0.4) is 0 Å². The summed E-state index contributed by atoms with van der Waals surface area (Å²) >= 11 is 0. The molecule has 0 radical (unpaired) electrons. The fourth-order valence-electron chi connectivity index (χ4n) is 4.13. The molecule has 0 bridgehead atoms. The summed E-state index contributed by atoms with van der Waals surface area (Å²) in [7, 11) is 0. The first kappa shape index (κ1) is 23.5. The normalized spacial score (nSPS) is 17.6. The summed E-state index contributed by atoms with van der Waals surface area (Å²) in [6.07, 6.45) is 8.82. The van der Waals surface area contributed by atoms with Crippen LogP contribution in [0.1, 0.15) is 58.2 Å². The molecule has 32 heavy (non-hydrogen) atoms. The van der Waals surface area contributed by atoms with Crippen molar-refractivity contribution < 1.29 is 4.79 Å². The Hall–Kier alpha value is -3.21. The highest BCUT2D eigenvalue weighted by atomic mass is 16.1. The van der Waals surface area contributed by atoms with E-state index in [2.05, 4.69) is 61.7 Å². The predicted molar refractivity (Wildman–Crippen MR) is 133 cm³/mol. The van der Waals surface area contributed by atoms with Gasteiger partial charge in [0.2, 0.25) is 5.95 Å². The van der Waals surface area contributed by atoms with Crippen molar-refractivity contribution in [3.05, 3.63) is 71.1 Å². The first-order chi connectivity index (χ1) is 15.0. The first-order valence-corrected chi connectivity index (χ1v) is 11.1. The van der Waals surface area contributed by atoms with Crippen molar-refractivity contribution in [2.75, 3.05) is 5.73 Å². The molecule has 1 aromatic heterocycles. The lowest BCUT2D eigenvalue weighted by atomic mass is 9.77. The number of benzene rings is 1. The maximum absolute atomic E-state index is 13.1. The molecule has 3 rings (SSSR count). The van der Waals surface area contributed by atoms with Gasteiger partial charge in [-0.1, -0.05) is 46.4 Å². The number of nitrogens with two attached hydrogens (primary N) is 1. The van der Waals surface area contributed by atoms with Gasteiger partial charge in [-0.3, -0.25) is 4.79 Å². The standard InChI is InChI=1S/C27H34N4O/c1-8-17-10-22-18(11-21(17)19-14-29-26(28)30-15-19)12-25(27(5,6)7)31-23(22)13-24(32)20(9-2)16(3)4/h9-11,13-15,25,31H,3,8,12H2,1-2,4-7H3,(H2,28,29,30)/b20-9-,23-13-. The maximum Gasteiger partial charge on any atom is 0.219 e. The van der Waals surface area contributed by atoms with Crippen LogP contribution in [0.2, 0.25) is 0 Å². The van der Waals surface area contributed by atoms with Gasteiger partial charge in [0.05, 0.1) is 0 Å². The summed E-state index contributed by atoms with van der Waals surface area (Å²) in [5.41, 5.74) is 13.5. The lowest BCUT2D eigenvalue weighted by Crippen LogP contribution is -2.44. The number of allylic oxidation sites excluding steroid dienone is 4. The number of ketones is 1. The number of nitrogens with zero attached hydrogens (tertiary/aromatic N) is 2. The molecule has 2 aromatic rings. The van der Waals surface area contributed by atoms with Gasteiger partial charge in [0.25, 0.3) is 0 Å². The molecular formula is C27H34N4O. The minimum Gasteiger partial charge on any atom is -0.381 e. The van der Waals surface area contributed by atoms with Gasteiger partial charge in [-0.15, -0.1) is 0 Å². The van der Waals surface area contributed by atoms with E-state index in [1.165, 1.54) is 11.1 Å². The number of carbonyl (C=O) groups is 1. The smallest absolute Gasteiger partial charge is 0.219 e. The Morgan fingerprint density at radius 3 is 2.44 bits per heavy atom. The lowest BCUT2D eigenvalue weighted by Gasteiger charge is -2.38. The quantitative estimate of drug-likeness (QED) is 0.498. The second-order valence-electron chi connectivity index (χ2n) is 9.52. The summed E-state index contributed by atoms with van der Waals surface area (Å²) in [5, 5.41) is 3.66. The Kier molecular flexibility index (Phi) is 6.68. The average Bonchev–Trinajstić information content (AvgIpc) is 2.72. The number of fused-ring (bicyclic) bond motifs is 1. The van der Waals surface area contributed by atoms with E-state index in [0.29, 0.717) is 5.57 Å². The topological polar surface area (TPSA) is 80.9 Å². The molecule has 0 fully saturated rings. The largest absolute Gasteiger partial charge is 0.381 e. The van der Waals surface area contributed by atoms with Crippen LogP contribution in [0.15, 0.2) is 54.4 Å². The van der Waals surface area contributed by atoms with E-state index in [-0.39, 0.29) is 23.2 Å². The number of hydrogen-bond donors (Lipinski definition) is 2. The van der Waals surface area contributed by atoms with Crippen LogP contribution in [0, 0.1) is 5.41 Å². The molecule has 1 atom stereocenters. The Morgan fingerprint density at radius 2 is 1.91 bits per heavy atom. The minimum absolute atomic E-state index is 0.0194. The zero-order chi connectivity index (χ0) is 23.6. The van der Waals surface area contributed by atoms with E-state index in [1.54, 1.807) is 18.5 Å². The van der Waals surface area contributed by atoms with Crippen LogP contribution in [0.4, 0.5) is 5.95 Å². The summed E-state index contributed by atoms with van der Waals surface area (Å²) in [5.74, 6) is 0.236. The third-order valence-electron chi connectivity index (χ3n) is 6.07. The van der Waals surface area contributed by atoms with Gasteiger partial charge >= 0.3 is 0 Å². The van der Waals surface area contributed by atoms with Crippen molar-refractivity contribution in [2.45, 2.75) is 60.4 Å². The van der Waals surface area contributed by atoms with E-state index in [4.69, 9.17) is 5.73 Å². The Balaban J connectivity index is 2.18. The number of rotatable bonds is 5. The van der Waals surface area contributed by atoms with Crippen LogP contribution in [-0.4, -0.2) is 21.8 Å². The van der Waals surface area contributed by atoms with Crippen molar-refractivity contribution in [2.24, 2.45) is 5.41 Å². The second kappa shape index (κ2) is 9.11. The van der Waals surface area contributed by atoms with Gasteiger partial charge in [-0.2, -0.15) is 0 Å². The molecule has 1 aromatic carbocycles. The molecule has 5 nitrogen and oxygen atoms in total. The minimum atomic E-state index is -0.0305. The molecule has 1 aliphatic rings. The first-order valence-electron chi connectivity index (χ1n) is 11.1. The zero-order valence-corrected chi connectivity index (χ0v) is 20.0. The Bertz CT molecular complexity index is 1100. The third kappa shape index (κ3) is 4.82. The highest BCUT2D eigenvalue weighted by Gasteiger charge is 2.31. The molecule has 5 heteroatoms. The highest BCUT2D eigenvalue weighted by molar-refractivity contribution is 6.10. The second-order valence-corrected chi connectivity index (χ2v) is 9.52. The molecular weight excluding hydrogens is 396 g/mol. The van der Waals surface area contributed by atoms with Crippen molar-refractivity contribution in [1.29, 1.82) is 0 Å². The average molecular weight is 431 g/mol. The molecule has 0 spiro atoms. The van der Waals surface area contributed by atoms with Gasteiger partial charge < -0.3 is 11.1 Å². The number of carbonyl (C=O) groups excluding carboxylic acids is 1. The van der Waals surface area contributed by atoms with E-state index in [1.807, 2.05) is 19.9 Å². The van der Waals surface area contributed by atoms with Crippen molar-refractivity contribution in [1.82, 2.24) is 15.3 Å². The summed E-state index contributed by atoms with van der Waals surface area (Å²) in [6.45, 7) is 16.5. The number of nitrogen functional groups attached to an aromatic ring is 1. The van der Waals surface area contributed by atoms with E-state index in [0.717, 1.165) is 40.8 Å². The number of anilines is 1. The molecule has 168 valence electrons. The maximum atomic E-state index is 13.1. The molecule has 0 saturated carbocycles. The summed E-state index contributed by atoms with van der Waals surface area (Å²) in [4.78, 5) is 21.4. The highest BCUT2D eigenvalue weighted by Crippen LogP contribution is 2.36. The molecule has 0 aliphatic carbocycles. The van der Waals surface area contributed by atoms with Gasteiger partial charge in [0, 0.05) is 46.9 Å². The van der Waals surface area contributed by atoms with Crippen LogP contribution in [-0.2, 0) is 17.6 Å². The van der Waals surface area contributed by atoms with Crippen molar-refractivity contribution in [3.8, 4) is 11.1 Å². The molecule has 0 saturated heterocycles. The van der Waals surface area contributed by atoms with Crippen LogP contribution < -0.4 is 11.1 Å². The van der Waals surface area contributed by atoms with Crippen molar-refractivity contribution in [3.63, 3.8) is 0 Å². The number of aryl methyl sites for hydroxylation is 1. The monoisotopic (exact) mass is 430 g/mol. The van der Waals surface area contributed by atoms with Crippen LogP contribution in [0.5, 0.6) is 0 Å². The molecule has 1 unspecified atom stereocenters. The SMILES string of the molecule is C=C(C)/C(=C/C)C(=O)/C=C1\NC(C(C)(C)C)Cc2cc(-c3cnc(N)nc3)c(CC)cc21. The number of hydrogen-bond acceptors (Lipinski definition) is 5. The van der Waals surface area contributed by atoms with Crippen LogP contribution >= 0.6 is 0 Å². The zero-order valence-electron chi connectivity index (χ0n) is 20.0. The van der Waals surface area contributed by atoms with E-state index in [9.17, 15) is 4.79 Å². The number of aromatic nitrogens is 2. The number of nitrogens with one attached hydrogen (secondary N) is 1. The molecule has 2 heterocycles. The fourth-order valence-corrected chi connectivity index (χ4v) is 4.13. The van der Waals surface area contributed by atoms with Gasteiger partial charge in [-0.25, -0.2) is 9.97 Å². The van der Waals surface area contributed by atoms with Gasteiger partial charge in [-0.05, 0) is 60.4 Å². The fraction of sp³-hybridized carbons (Fsp3) is 0.370. The van der Waals surface area contributed by atoms with E-state index >= 15 is 0 Å². The van der Waals surface area contributed by atoms with Gasteiger partial charge in [0.15, 0.2) is 5.78 Å². The Labute approximate surface area is 191 Å². The molecule has 3 N–H and O–H groups in total. The van der Waals surface area contributed by atoms with E-state index < -0.39 is 0 Å². The van der Waals surface area contributed by atoms with Gasteiger partial charge in [0.1, 0.15) is 0 Å². The Morgan fingerprint density at radius 1 is 1.25 bits per heavy atom. The van der Waals surface area contributed by atoms with Crippen molar-refractivity contribution >= 4 is 17.4 Å². The molecule has 0 amide bonds. The summed E-state index contributed by atoms with van der Waals surface area (Å²) in [6, 6.07) is 4.62.